The molecule has 1 aliphatic rings. The highest BCUT2D eigenvalue weighted by atomic mass is 16.6. The van der Waals surface area contributed by atoms with Crippen LogP contribution in [0.1, 0.15) is 15.9 Å². The van der Waals surface area contributed by atoms with Crippen LogP contribution in [0.25, 0.3) is 0 Å². The Balaban J connectivity index is 1.54. The lowest BCUT2D eigenvalue weighted by Crippen LogP contribution is -2.50. The van der Waals surface area contributed by atoms with Gasteiger partial charge in [-0.15, -0.1) is 0 Å². The summed E-state index contributed by atoms with van der Waals surface area (Å²) in [6.07, 6.45) is -0.439. The smallest absolute Gasteiger partial charge is 0.410 e. The lowest BCUT2D eigenvalue weighted by molar-refractivity contribution is 0.0543. The van der Waals surface area contributed by atoms with E-state index in [1.807, 2.05) is 30.3 Å². The number of nitrogens with zero attached hydrogens (tertiary/aromatic N) is 2. The molecule has 1 aliphatic heterocycles. The maximum Gasteiger partial charge on any atom is 0.410 e. The minimum atomic E-state index is -0.669. The first kappa shape index (κ1) is 18.4. The molecule has 0 saturated carbocycles. The van der Waals surface area contributed by atoms with Gasteiger partial charge in [-0.05, 0) is 17.7 Å². The summed E-state index contributed by atoms with van der Waals surface area (Å²) in [5.41, 5.74) is 0.953. The fourth-order valence-electron chi connectivity index (χ4n) is 2.81. The summed E-state index contributed by atoms with van der Waals surface area (Å²) in [6.45, 7) is 1.40. The second-order valence-electron chi connectivity index (χ2n) is 6.18. The van der Waals surface area contributed by atoms with Crippen LogP contribution in [0.5, 0.6) is 17.2 Å². The maximum atomic E-state index is 12.5. The van der Waals surface area contributed by atoms with Crippen LogP contribution in [0.3, 0.4) is 0 Å². The van der Waals surface area contributed by atoms with Crippen molar-refractivity contribution in [2.24, 2.45) is 0 Å². The van der Waals surface area contributed by atoms with Gasteiger partial charge < -0.3 is 29.9 Å². The van der Waals surface area contributed by atoms with E-state index >= 15 is 0 Å². The zero-order valence-corrected chi connectivity index (χ0v) is 14.5. The number of hydrogen-bond acceptors (Lipinski definition) is 6. The minimum Gasteiger partial charge on any atom is -0.504 e. The number of piperazine rings is 1. The molecule has 3 rings (SSSR count). The average molecular weight is 372 g/mol. The SMILES string of the molecule is O=C(OCc1ccccc1)N1CCN(C(=O)c2cc(O)c(O)c(O)c2)CC1. The van der Waals surface area contributed by atoms with Crippen LogP contribution >= 0.6 is 0 Å². The molecule has 3 N–H and O–H groups in total. The molecular formula is C19H20N2O6. The van der Waals surface area contributed by atoms with Crippen LogP contribution < -0.4 is 0 Å². The largest absolute Gasteiger partial charge is 0.504 e. The summed E-state index contributed by atoms with van der Waals surface area (Å²) in [5.74, 6) is -2.21. The van der Waals surface area contributed by atoms with Crippen LogP contribution in [0.2, 0.25) is 0 Å². The van der Waals surface area contributed by atoms with Crippen molar-refractivity contribution < 1.29 is 29.6 Å². The van der Waals surface area contributed by atoms with Gasteiger partial charge in [-0.3, -0.25) is 4.79 Å². The average Bonchev–Trinajstić information content (AvgIpc) is 2.70. The summed E-state index contributed by atoms with van der Waals surface area (Å²) in [5, 5.41) is 28.5. The molecule has 142 valence electrons. The molecule has 2 aromatic carbocycles. The molecular weight excluding hydrogens is 352 g/mol. The summed E-state index contributed by atoms with van der Waals surface area (Å²) < 4.78 is 5.28. The van der Waals surface area contributed by atoms with Crippen molar-refractivity contribution in [1.29, 1.82) is 0 Å². The fourth-order valence-corrected chi connectivity index (χ4v) is 2.81. The van der Waals surface area contributed by atoms with Gasteiger partial charge >= 0.3 is 6.09 Å². The Morgan fingerprint density at radius 1 is 0.889 bits per heavy atom. The molecule has 27 heavy (non-hydrogen) atoms. The van der Waals surface area contributed by atoms with Gasteiger partial charge in [0.25, 0.3) is 5.91 Å². The van der Waals surface area contributed by atoms with Gasteiger partial charge in [0.1, 0.15) is 6.61 Å². The summed E-state index contributed by atoms with van der Waals surface area (Å²) in [7, 11) is 0. The molecule has 1 fully saturated rings. The monoisotopic (exact) mass is 372 g/mol. The predicted octanol–water partition coefficient (Wildman–Crippen LogP) is 1.90. The molecule has 1 saturated heterocycles. The summed E-state index contributed by atoms with van der Waals surface area (Å²) in [4.78, 5) is 27.7. The highest BCUT2D eigenvalue weighted by molar-refractivity contribution is 5.95. The van der Waals surface area contributed by atoms with Gasteiger partial charge in [-0.1, -0.05) is 30.3 Å². The Morgan fingerprint density at radius 2 is 1.44 bits per heavy atom. The van der Waals surface area contributed by atoms with Gasteiger partial charge in [0.05, 0.1) is 0 Å². The molecule has 2 amide bonds. The van der Waals surface area contributed by atoms with E-state index in [4.69, 9.17) is 4.74 Å². The van der Waals surface area contributed by atoms with Crippen LogP contribution in [0, 0.1) is 0 Å². The number of hydrogen-bond donors (Lipinski definition) is 3. The Bertz CT molecular complexity index is 808. The Hall–Kier alpha value is -3.42. The first-order valence-corrected chi connectivity index (χ1v) is 8.45. The standard InChI is InChI=1S/C19H20N2O6/c22-15-10-14(11-16(23)17(15)24)18(25)20-6-8-21(9-7-20)19(26)27-12-13-4-2-1-3-5-13/h1-5,10-11,22-24H,6-9,12H2. The van der Waals surface area contributed by atoms with E-state index < -0.39 is 29.2 Å². The van der Waals surface area contributed by atoms with Crippen molar-refractivity contribution in [2.75, 3.05) is 26.2 Å². The van der Waals surface area contributed by atoms with Crippen molar-refractivity contribution in [1.82, 2.24) is 9.80 Å². The first-order chi connectivity index (χ1) is 13.0. The van der Waals surface area contributed by atoms with Gasteiger partial charge in [-0.25, -0.2) is 4.79 Å². The van der Waals surface area contributed by atoms with E-state index in [9.17, 15) is 24.9 Å². The zero-order chi connectivity index (χ0) is 19.4. The number of phenols is 3. The first-order valence-electron chi connectivity index (χ1n) is 8.45. The van der Waals surface area contributed by atoms with Crippen molar-refractivity contribution in [3.63, 3.8) is 0 Å². The molecule has 0 aliphatic carbocycles. The summed E-state index contributed by atoms with van der Waals surface area (Å²) in [6, 6.07) is 11.5. The van der Waals surface area contributed by atoms with Crippen LogP contribution in [-0.4, -0.2) is 63.3 Å². The van der Waals surface area contributed by atoms with E-state index in [0.29, 0.717) is 26.2 Å². The molecule has 0 bridgehead atoms. The molecule has 2 aromatic rings. The van der Waals surface area contributed by atoms with E-state index in [2.05, 4.69) is 0 Å². The normalized spacial score (nSPS) is 14.1. The van der Waals surface area contributed by atoms with E-state index in [1.165, 1.54) is 9.80 Å². The topological polar surface area (TPSA) is 111 Å². The Morgan fingerprint density at radius 3 is 2.04 bits per heavy atom. The van der Waals surface area contributed by atoms with Crippen molar-refractivity contribution in [2.45, 2.75) is 6.61 Å². The number of phenolic OH excluding ortho intramolecular Hbond substituents is 3. The lowest BCUT2D eigenvalue weighted by atomic mass is 10.1. The maximum absolute atomic E-state index is 12.5. The second kappa shape index (κ2) is 7.86. The number of rotatable bonds is 3. The van der Waals surface area contributed by atoms with Crippen molar-refractivity contribution in [3.05, 3.63) is 53.6 Å². The summed E-state index contributed by atoms with van der Waals surface area (Å²) >= 11 is 0. The Labute approximate surface area is 155 Å². The third kappa shape index (κ3) is 4.22. The van der Waals surface area contributed by atoms with Crippen LogP contribution in [0.15, 0.2) is 42.5 Å². The number of ether oxygens (including phenoxy) is 1. The second-order valence-corrected chi connectivity index (χ2v) is 6.18. The highest BCUT2D eigenvalue weighted by Gasteiger charge is 2.26. The van der Waals surface area contributed by atoms with Crippen molar-refractivity contribution >= 4 is 12.0 Å². The van der Waals surface area contributed by atoms with Crippen LogP contribution in [-0.2, 0) is 11.3 Å². The third-order valence-corrected chi connectivity index (χ3v) is 4.35. The van der Waals surface area contributed by atoms with E-state index in [-0.39, 0.29) is 12.2 Å². The minimum absolute atomic E-state index is 0.0582. The molecule has 8 heteroatoms. The predicted molar refractivity (Wildman–Crippen MR) is 95.5 cm³/mol. The highest BCUT2D eigenvalue weighted by Crippen LogP contribution is 2.35. The van der Waals surface area contributed by atoms with Gasteiger partial charge in [0.2, 0.25) is 0 Å². The third-order valence-electron chi connectivity index (χ3n) is 4.35. The number of carbonyl (C=O) groups excluding carboxylic acids is 2. The van der Waals surface area contributed by atoms with Crippen LogP contribution in [0.4, 0.5) is 4.79 Å². The zero-order valence-electron chi connectivity index (χ0n) is 14.5. The molecule has 0 spiro atoms. The Kier molecular flexibility index (Phi) is 5.35. The van der Waals surface area contributed by atoms with E-state index in [1.54, 1.807) is 0 Å². The van der Waals surface area contributed by atoms with Gasteiger partial charge in [0.15, 0.2) is 17.2 Å². The van der Waals surface area contributed by atoms with Gasteiger partial charge in [-0.2, -0.15) is 0 Å². The van der Waals surface area contributed by atoms with Gasteiger partial charge in [0, 0.05) is 31.7 Å². The molecule has 8 nitrogen and oxygen atoms in total. The number of amides is 2. The molecule has 0 atom stereocenters. The molecule has 1 heterocycles. The fraction of sp³-hybridized carbons (Fsp3) is 0.263. The number of aromatic hydroxyl groups is 3. The molecule has 0 unspecified atom stereocenters. The number of carbonyl (C=O) groups is 2. The molecule has 0 aromatic heterocycles. The number of benzene rings is 2. The molecule has 0 radical (unpaired) electrons. The van der Waals surface area contributed by atoms with Crippen molar-refractivity contribution in [3.8, 4) is 17.2 Å². The quantitative estimate of drug-likeness (QED) is 0.710. The van der Waals surface area contributed by atoms with E-state index in [0.717, 1.165) is 17.7 Å². The lowest BCUT2D eigenvalue weighted by Gasteiger charge is -2.34.